The minimum atomic E-state index is 0.289. The van der Waals surface area contributed by atoms with Crippen LogP contribution in [-0.4, -0.2) is 32.2 Å². The van der Waals surface area contributed by atoms with Crippen LogP contribution in [0.1, 0.15) is 26.2 Å². The van der Waals surface area contributed by atoms with Gasteiger partial charge in [0.2, 0.25) is 0 Å². The zero-order valence-electron chi connectivity index (χ0n) is 8.11. The van der Waals surface area contributed by atoms with E-state index >= 15 is 0 Å². The molecule has 12 heavy (non-hydrogen) atoms. The Morgan fingerprint density at radius 2 is 2.25 bits per heavy atom. The molecule has 0 saturated heterocycles. The van der Waals surface area contributed by atoms with Gasteiger partial charge in [0.25, 0.3) is 0 Å². The highest BCUT2D eigenvalue weighted by Crippen LogP contribution is 2.02. The number of ether oxygens (including phenoxy) is 1. The van der Waals surface area contributed by atoms with Crippen LogP contribution in [0.25, 0.3) is 0 Å². The van der Waals surface area contributed by atoms with Gasteiger partial charge in [0, 0.05) is 25.6 Å². The number of nitrogens with one attached hydrogen (secondary N) is 1. The van der Waals surface area contributed by atoms with Gasteiger partial charge in [-0.1, -0.05) is 13.3 Å². The summed E-state index contributed by atoms with van der Waals surface area (Å²) < 4.78 is 4.92. The predicted molar refractivity (Wildman–Crippen MR) is 53.9 cm³/mol. The van der Waals surface area contributed by atoms with E-state index in [2.05, 4.69) is 12.2 Å². The number of hydrogen-bond donors (Lipinski definition) is 1. The fourth-order valence-electron chi connectivity index (χ4n) is 1.02. The van der Waals surface area contributed by atoms with Gasteiger partial charge >= 0.3 is 0 Å². The molecule has 0 aromatic heterocycles. The maximum Gasteiger partial charge on any atom is 0.0474 e. The van der Waals surface area contributed by atoms with Crippen molar-refractivity contribution in [2.75, 3.05) is 26.8 Å². The molecular weight excluding hydrogens is 174 g/mol. The SMILES string of the molecule is CCCC(Cl)CNCCCOC. The van der Waals surface area contributed by atoms with Gasteiger partial charge in [-0.25, -0.2) is 0 Å². The maximum absolute atomic E-state index is 6.00. The van der Waals surface area contributed by atoms with Crippen LogP contribution < -0.4 is 5.32 Å². The van der Waals surface area contributed by atoms with Gasteiger partial charge in [0.1, 0.15) is 0 Å². The molecule has 0 aliphatic rings. The van der Waals surface area contributed by atoms with Crippen molar-refractivity contribution in [1.82, 2.24) is 5.32 Å². The molecule has 0 bridgehead atoms. The average Bonchev–Trinajstić information content (AvgIpc) is 2.05. The minimum Gasteiger partial charge on any atom is -0.385 e. The molecule has 74 valence electrons. The number of rotatable bonds is 8. The van der Waals surface area contributed by atoms with Crippen molar-refractivity contribution in [3.05, 3.63) is 0 Å². The molecule has 1 N–H and O–H groups in total. The molecule has 0 aromatic carbocycles. The number of halogens is 1. The number of methoxy groups -OCH3 is 1. The van der Waals surface area contributed by atoms with Gasteiger partial charge in [0.05, 0.1) is 0 Å². The zero-order chi connectivity index (χ0) is 9.23. The predicted octanol–water partition coefficient (Wildman–Crippen LogP) is 2.02. The highest BCUT2D eigenvalue weighted by Gasteiger charge is 2.00. The third-order valence-electron chi connectivity index (χ3n) is 1.67. The first-order valence-corrected chi connectivity index (χ1v) is 5.08. The van der Waals surface area contributed by atoms with E-state index in [0.29, 0.717) is 0 Å². The van der Waals surface area contributed by atoms with E-state index in [1.54, 1.807) is 7.11 Å². The van der Waals surface area contributed by atoms with Crippen LogP contribution in [0.2, 0.25) is 0 Å². The molecule has 0 aliphatic heterocycles. The summed E-state index contributed by atoms with van der Waals surface area (Å²) in [6, 6.07) is 0. The Morgan fingerprint density at radius 1 is 1.50 bits per heavy atom. The van der Waals surface area contributed by atoms with Crippen LogP contribution in [0, 0.1) is 0 Å². The Morgan fingerprint density at radius 3 is 2.83 bits per heavy atom. The standard InChI is InChI=1S/C9H20ClNO/c1-3-5-9(10)8-11-6-4-7-12-2/h9,11H,3-8H2,1-2H3. The van der Waals surface area contributed by atoms with Crippen LogP contribution in [0.3, 0.4) is 0 Å². The topological polar surface area (TPSA) is 21.3 Å². The largest absolute Gasteiger partial charge is 0.385 e. The Balaban J connectivity index is 2.97. The molecule has 0 aromatic rings. The second-order valence-corrected chi connectivity index (χ2v) is 3.55. The van der Waals surface area contributed by atoms with Crippen LogP contribution in [0.4, 0.5) is 0 Å². The lowest BCUT2D eigenvalue weighted by molar-refractivity contribution is 0.194. The molecule has 3 heteroatoms. The van der Waals surface area contributed by atoms with Crippen molar-refractivity contribution in [2.24, 2.45) is 0 Å². The molecule has 1 unspecified atom stereocenters. The highest BCUT2D eigenvalue weighted by atomic mass is 35.5. The van der Waals surface area contributed by atoms with Crippen LogP contribution in [0.15, 0.2) is 0 Å². The first-order chi connectivity index (χ1) is 5.81. The van der Waals surface area contributed by atoms with Crippen LogP contribution >= 0.6 is 11.6 Å². The second kappa shape index (κ2) is 9.30. The van der Waals surface area contributed by atoms with E-state index in [0.717, 1.165) is 39.0 Å². The summed E-state index contributed by atoms with van der Waals surface area (Å²) in [4.78, 5) is 0. The molecule has 1 atom stereocenters. The third-order valence-corrected chi connectivity index (χ3v) is 2.04. The molecule has 0 saturated carbocycles. The van der Waals surface area contributed by atoms with E-state index < -0.39 is 0 Å². The van der Waals surface area contributed by atoms with Gasteiger partial charge in [-0.05, 0) is 19.4 Å². The zero-order valence-corrected chi connectivity index (χ0v) is 8.86. The number of alkyl halides is 1. The van der Waals surface area contributed by atoms with Crippen molar-refractivity contribution >= 4 is 11.6 Å². The van der Waals surface area contributed by atoms with Crippen molar-refractivity contribution < 1.29 is 4.74 Å². The lowest BCUT2D eigenvalue weighted by atomic mass is 10.2. The first-order valence-electron chi connectivity index (χ1n) is 4.65. The fraction of sp³-hybridized carbons (Fsp3) is 1.00. The molecule has 0 heterocycles. The molecular formula is C9H20ClNO. The number of hydrogen-bond acceptors (Lipinski definition) is 2. The second-order valence-electron chi connectivity index (χ2n) is 2.94. The van der Waals surface area contributed by atoms with Crippen molar-refractivity contribution in [3.63, 3.8) is 0 Å². The van der Waals surface area contributed by atoms with E-state index in [-0.39, 0.29) is 5.38 Å². The van der Waals surface area contributed by atoms with E-state index in [1.165, 1.54) is 0 Å². The molecule has 0 radical (unpaired) electrons. The summed E-state index contributed by atoms with van der Waals surface area (Å²) in [5.41, 5.74) is 0. The average molecular weight is 194 g/mol. The summed E-state index contributed by atoms with van der Waals surface area (Å²) in [6.07, 6.45) is 3.32. The molecule has 0 amide bonds. The van der Waals surface area contributed by atoms with E-state index in [1.807, 2.05) is 0 Å². The monoisotopic (exact) mass is 193 g/mol. The van der Waals surface area contributed by atoms with E-state index in [4.69, 9.17) is 16.3 Å². The van der Waals surface area contributed by atoms with Gasteiger partial charge < -0.3 is 10.1 Å². The normalized spacial score (nSPS) is 13.2. The highest BCUT2D eigenvalue weighted by molar-refractivity contribution is 6.20. The van der Waals surface area contributed by atoms with Gasteiger partial charge in [-0.3, -0.25) is 0 Å². The van der Waals surface area contributed by atoms with Crippen LogP contribution in [0.5, 0.6) is 0 Å². The molecule has 0 spiro atoms. The molecule has 2 nitrogen and oxygen atoms in total. The smallest absolute Gasteiger partial charge is 0.0474 e. The lowest BCUT2D eigenvalue weighted by Gasteiger charge is -2.08. The summed E-state index contributed by atoms with van der Waals surface area (Å²) in [7, 11) is 1.72. The van der Waals surface area contributed by atoms with Gasteiger partial charge in [0.15, 0.2) is 0 Å². The lowest BCUT2D eigenvalue weighted by Crippen LogP contribution is -2.24. The third kappa shape index (κ3) is 8.31. The molecule has 0 rings (SSSR count). The quantitative estimate of drug-likeness (QED) is 0.471. The summed E-state index contributed by atoms with van der Waals surface area (Å²) >= 11 is 6.00. The van der Waals surface area contributed by atoms with Crippen molar-refractivity contribution in [3.8, 4) is 0 Å². The first kappa shape index (κ1) is 12.2. The van der Waals surface area contributed by atoms with Gasteiger partial charge in [-0.2, -0.15) is 0 Å². The van der Waals surface area contributed by atoms with E-state index in [9.17, 15) is 0 Å². The molecule has 0 aliphatic carbocycles. The summed E-state index contributed by atoms with van der Waals surface area (Å²) in [5, 5.41) is 3.58. The Hall–Kier alpha value is 0.210. The Kier molecular flexibility index (Phi) is 9.46. The maximum atomic E-state index is 6.00. The summed E-state index contributed by atoms with van der Waals surface area (Å²) in [5.74, 6) is 0. The Bertz CT molecular complexity index is 90.6. The minimum absolute atomic E-state index is 0.289. The Labute approximate surface area is 80.6 Å². The van der Waals surface area contributed by atoms with Crippen molar-refractivity contribution in [1.29, 1.82) is 0 Å². The van der Waals surface area contributed by atoms with Crippen molar-refractivity contribution in [2.45, 2.75) is 31.6 Å². The summed E-state index contributed by atoms with van der Waals surface area (Å²) in [6.45, 7) is 4.90. The van der Waals surface area contributed by atoms with Gasteiger partial charge in [-0.15, -0.1) is 11.6 Å². The van der Waals surface area contributed by atoms with Crippen LogP contribution in [-0.2, 0) is 4.74 Å². The molecule has 0 fully saturated rings. The fourth-order valence-corrected chi connectivity index (χ4v) is 1.34.